The van der Waals surface area contributed by atoms with Crippen molar-refractivity contribution in [2.24, 2.45) is 5.92 Å². The van der Waals surface area contributed by atoms with Crippen molar-refractivity contribution in [2.75, 3.05) is 14.2 Å². The van der Waals surface area contributed by atoms with Gasteiger partial charge in [-0.05, 0) is 43.2 Å². The van der Waals surface area contributed by atoms with Gasteiger partial charge in [-0.15, -0.1) is 0 Å². The molecule has 0 spiro atoms. The molecule has 2 aromatic rings. The molecule has 1 aromatic heterocycles. The van der Waals surface area contributed by atoms with Crippen molar-refractivity contribution in [3.8, 4) is 11.5 Å². The van der Waals surface area contributed by atoms with Crippen LogP contribution in [0, 0.1) is 5.92 Å². The van der Waals surface area contributed by atoms with E-state index in [0.29, 0.717) is 34.4 Å². The molecule has 2 aliphatic rings. The maximum absolute atomic E-state index is 13.1. The SMILES string of the molecule is COc1cc(OC)c(CCC2(C3CCCC3)CC(O)=C(Sc3cnccn3)C(=O)O2)cc1Cl. The number of cyclic esters (lactones) is 1. The number of aliphatic hydroxyl groups excluding tert-OH is 1. The van der Waals surface area contributed by atoms with E-state index in [4.69, 9.17) is 25.8 Å². The number of rotatable bonds is 8. The molecule has 4 rings (SSSR count). The van der Waals surface area contributed by atoms with Gasteiger partial charge in [0.25, 0.3) is 0 Å². The first-order valence-corrected chi connectivity index (χ1v) is 12.1. The predicted molar refractivity (Wildman–Crippen MR) is 126 cm³/mol. The Labute approximate surface area is 202 Å². The van der Waals surface area contributed by atoms with Gasteiger partial charge in [-0.3, -0.25) is 4.98 Å². The number of carbonyl (C=O) groups excluding carboxylic acids is 1. The molecule has 0 bridgehead atoms. The third kappa shape index (κ3) is 5.06. The van der Waals surface area contributed by atoms with Gasteiger partial charge in [0.1, 0.15) is 32.8 Å². The fraction of sp³-hybridized carbons (Fsp3) is 0.458. The molecule has 0 radical (unpaired) electrons. The molecule has 1 atom stereocenters. The highest BCUT2D eigenvalue weighted by Gasteiger charge is 2.48. The molecule has 0 amide bonds. The van der Waals surface area contributed by atoms with Crippen molar-refractivity contribution in [3.05, 3.63) is 52.0 Å². The number of thioether (sulfide) groups is 1. The normalized spacial score (nSPS) is 21.2. The number of hydrogen-bond acceptors (Lipinski definition) is 8. The number of halogens is 1. The summed E-state index contributed by atoms with van der Waals surface area (Å²) in [4.78, 5) is 21.5. The van der Waals surface area contributed by atoms with E-state index in [1.165, 1.54) is 0 Å². The molecule has 33 heavy (non-hydrogen) atoms. The van der Waals surface area contributed by atoms with Gasteiger partial charge in [-0.25, -0.2) is 9.78 Å². The summed E-state index contributed by atoms with van der Waals surface area (Å²) in [6, 6.07) is 3.59. The van der Waals surface area contributed by atoms with Crippen LogP contribution in [0.15, 0.2) is 46.4 Å². The van der Waals surface area contributed by atoms with Crippen molar-refractivity contribution < 1.29 is 24.1 Å². The van der Waals surface area contributed by atoms with Gasteiger partial charge >= 0.3 is 5.97 Å². The Kier molecular flexibility index (Phi) is 7.34. The van der Waals surface area contributed by atoms with Gasteiger partial charge in [0.2, 0.25) is 0 Å². The van der Waals surface area contributed by atoms with Crippen molar-refractivity contribution in [3.63, 3.8) is 0 Å². The van der Waals surface area contributed by atoms with Crippen molar-refractivity contribution in [1.82, 2.24) is 9.97 Å². The largest absolute Gasteiger partial charge is 0.511 e. The minimum absolute atomic E-state index is 0.0496. The van der Waals surface area contributed by atoms with Gasteiger partial charge in [-0.2, -0.15) is 0 Å². The number of hydrogen-bond donors (Lipinski definition) is 1. The smallest absolute Gasteiger partial charge is 0.349 e. The lowest BCUT2D eigenvalue weighted by molar-refractivity contribution is -0.166. The molecule has 1 saturated carbocycles. The quantitative estimate of drug-likeness (QED) is 0.484. The molecule has 1 aromatic carbocycles. The van der Waals surface area contributed by atoms with E-state index in [1.54, 1.807) is 38.9 Å². The first-order valence-electron chi connectivity index (χ1n) is 11.0. The molecule has 1 aliphatic carbocycles. The highest BCUT2D eigenvalue weighted by atomic mass is 35.5. The Morgan fingerprint density at radius 3 is 2.61 bits per heavy atom. The molecule has 0 saturated heterocycles. The van der Waals surface area contributed by atoms with Crippen LogP contribution < -0.4 is 9.47 Å². The van der Waals surface area contributed by atoms with Crippen molar-refractivity contribution >= 4 is 29.3 Å². The van der Waals surface area contributed by atoms with E-state index in [2.05, 4.69) is 9.97 Å². The molecular formula is C24H27ClN2O5S. The first kappa shape index (κ1) is 23.7. The lowest BCUT2D eigenvalue weighted by Crippen LogP contribution is -2.45. The third-order valence-electron chi connectivity index (χ3n) is 6.43. The molecule has 1 fully saturated rings. The van der Waals surface area contributed by atoms with Crippen LogP contribution in [0.25, 0.3) is 0 Å². The first-order chi connectivity index (χ1) is 16.0. The number of aromatic nitrogens is 2. The summed E-state index contributed by atoms with van der Waals surface area (Å²) >= 11 is 7.44. The Balaban J connectivity index is 1.61. The van der Waals surface area contributed by atoms with Crippen LogP contribution in [0.3, 0.4) is 0 Å². The van der Waals surface area contributed by atoms with E-state index in [1.807, 2.05) is 6.07 Å². The number of nitrogens with zero attached hydrogens (tertiary/aromatic N) is 2. The average Bonchev–Trinajstić information content (AvgIpc) is 3.37. The minimum atomic E-state index is -0.776. The van der Waals surface area contributed by atoms with Gasteiger partial charge in [0, 0.05) is 24.9 Å². The van der Waals surface area contributed by atoms with Crippen molar-refractivity contribution in [1.29, 1.82) is 0 Å². The van der Waals surface area contributed by atoms with E-state index in [0.717, 1.165) is 43.0 Å². The second kappa shape index (κ2) is 10.2. The van der Waals surface area contributed by atoms with E-state index in [9.17, 15) is 9.90 Å². The summed E-state index contributed by atoms with van der Waals surface area (Å²) < 4.78 is 17.0. The van der Waals surface area contributed by atoms with E-state index < -0.39 is 11.6 Å². The van der Waals surface area contributed by atoms with Gasteiger partial charge in [0.05, 0.1) is 25.4 Å². The standard InChI is InChI=1S/C24H27ClN2O5S/c1-30-19-12-20(31-2)17(25)11-15(19)7-8-24(16-5-3-4-6-16)13-18(28)22(23(29)32-24)33-21-14-26-9-10-27-21/h9-12,14,16,28H,3-8,13H2,1-2H3. The van der Waals surface area contributed by atoms with Gasteiger partial charge in [-0.1, -0.05) is 36.2 Å². The van der Waals surface area contributed by atoms with Crippen LogP contribution >= 0.6 is 23.4 Å². The molecular weight excluding hydrogens is 464 g/mol. The number of aryl methyl sites for hydroxylation is 1. The maximum Gasteiger partial charge on any atom is 0.349 e. The lowest BCUT2D eigenvalue weighted by atomic mass is 9.77. The zero-order valence-corrected chi connectivity index (χ0v) is 20.2. The Bertz CT molecular complexity index is 1040. The van der Waals surface area contributed by atoms with E-state index >= 15 is 0 Å². The summed E-state index contributed by atoms with van der Waals surface area (Å²) in [5.41, 5.74) is 0.126. The number of methoxy groups -OCH3 is 2. The second-order valence-corrected chi connectivity index (χ2v) is 9.77. The van der Waals surface area contributed by atoms with Crippen LogP contribution in [0.5, 0.6) is 11.5 Å². The fourth-order valence-electron chi connectivity index (χ4n) is 4.78. The molecule has 1 aliphatic heterocycles. The molecule has 176 valence electrons. The van der Waals surface area contributed by atoms with Gasteiger partial charge in [0.15, 0.2) is 0 Å². The number of benzene rings is 1. The zero-order chi connectivity index (χ0) is 23.4. The van der Waals surface area contributed by atoms with Crippen LogP contribution in [0.1, 0.15) is 44.1 Å². The number of ether oxygens (including phenoxy) is 3. The second-order valence-electron chi connectivity index (χ2n) is 8.33. The Hall–Kier alpha value is -2.45. The highest BCUT2D eigenvalue weighted by molar-refractivity contribution is 8.04. The van der Waals surface area contributed by atoms with Crippen LogP contribution in [0.4, 0.5) is 0 Å². The summed E-state index contributed by atoms with van der Waals surface area (Å²) in [6.07, 6.45) is 10.2. The zero-order valence-electron chi connectivity index (χ0n) is 18.7. The highest BCUT2D eigenvalue weighted by Crippen LogP contribution is 2.48. The van der Waals surface area contributed by atoms with Crippen LogP contribution in [0.2, 0.25) is 5.02 Å². The number of esters is 1. The summed E-state index contributed by atoms with van der Waals surface area (Å²) in [6.45, 7) is 0. The third-order valence-corrected chi connectivity index (χ3v) is 7.75. The minimum Gasteiger partial charge on any atom is -0.511 e. The molecule has 7 nitrogen and oxygen atoms in total. The Morgan fingerprint density at radius 1 is 1.21 bits per heavy atom. The maximum atomic E-state index is 13.1. The van der Waals surface area contributed by atoms with Crippen molar-refractivity contribution in [2.45, 2.75) is 55.6 Å². The molecule has 1 unspecified atom stereocenters. The summed E-state index contributed by atoms with van der Waals surface area (Å²) in [5.74, 6) is 0.928. The molecule has 1 N–H and O–H groups in total. The summed E-state index contributed by atoms with van der Waals surface area (Å²) in [5, 5.41) is 12.0. The topological polar surface area (TPSA) is 90.8 Å². The van der Waals surface area contributed by atoms with E-state index in [-0.39, 0.29) is 23.0 Å². The number of aliphatic hydroxyl groups is 1. The molecule has 9 heteroatoms. The van der Waals surface area contributed by atoms with Crippen LogP contribution in [-0.4, -0.2) is 40.9 Å². The lowest BCUT2D eigenvalue weighted by Gasteiger charge is -2.41. The predicted octanol–water partition coefficient (Wildman–Crippen LogP) is 5.52. The monoisotopic (exact) mass is 490 g/mol. The van der Waals surface area contributed by atoms with Crippen LogP contribution in [-0.2, 0) is 16.0 Å². The number of carbonyl (C=O) groups is 1. The average molecular weight is 491 g/mol. The summed E-state index contributed by atoms with van der Waals surface area (Å²) in [7, 11) is 3.16. The fourth-order valence-corrected chi connectivity index (χ4v) is 5.79. The molecule has 2 heterocycles. The Morgan fingerprint density at radius 2 is 1.97 bits per heavy atom. The van der Waals surface area contributed by atoms with Gasteiger partial charge < -0.3 is 19.3 Å².